The van der Waals surface area contributed by atoms with Gasteiger partial charge in [-0.25, -0.2) is 0 Å². The minimum Gasteiger partial charge on any atom is -0.304 e. The van der Waals surface area contributed by atoms with E-state index in [4.69, 9.17) is 0 Å². The third kappa shape index (κ3) is 5.59. The molecule has 0 saturated heterocycles. The van der Waals surface area contributed by atoms with E-state index in [1.165, 1.54) is 6.42 Å². The lowest BCUT2D eigenvalue weighted by molar-refractivity contribution is 0.136. The summed E-state index contributed by atoms with van der Waals surface area (Å²) in [5.41, 5.74) is 0.333. The molecule has 0 unspecified atom stereocenters. The molecule has 0 amide bonds. The first-order valence-electron chi connectivity index (χ1n) is 4.98. The number of nitrogens with zero attached hydrogens (tertiary/aromatic N) is 1. The average molecular weight is 173 g/mol. The Bertz CT molecular complexity index is 83.2. The van der Waals surface area contributed by atoms with Crippen molar-refractivity contribution in [3.8, 4) is 0 Å². The zero-order valence-electron chi connectivity index (χ0n) is 10.2. The predicted molar refractivity (Wildman–Crippen MR) is 58.6 cm³/mol. The molecule has 0 aliphatic rings. The van der Waals surface area contributed by atoms with Gasteiger partial charge < -0.3 is 4.90 Å². The Morgan fingerprint density at radius 1 is 1.08 bits per heavy atom. The normalized spacial score (nSPS) is 11.5. The van der Waals surface area contributed by atoms with Gasteiger partial charge in [-0.1, -0.05) is 34.1 Å². The van der Waals surface area contributed by atoms with E-state index in [2.05, 4.69) is 60.5 Å². The molecule has 0 aliphatic carbocycles. The van der Waals surface area contributed by atoms with Crippen molar-refractivity contribution in [3.63, 3.8) is 0 Å². The second-order valence-electron chi connectivity index (χ2n) is 4.41. The van der Waals surface area contributed by atoms with Crippen molar-refractivity contribution in [1.82, 2.24) is 4.90 Å². The summed E-state index contributed by atoms with van der Waals surface area (Å²) >= 11 is 0. The summed E-state index contributed by atoms with van der Waals surface area (Å²) in [4.78, 5) is 2.26. The van der Waals surface area contributed by atoms with Crippen molar-refractivity contribution in [2.24, 2.45) is 5.92 Å². The first kappa shape index (κ1) is 14.5. The molecule has 0 bridgehead atoms. The smallest absolute Gasteiger partial charge is 0.0170 e. The number of hydrogen-bond acceptors (Lipinski definition) is 1. The lowest BCUT2D eigenvalue weighted by atomic mass is 9.90. The molecule has 0 heterocycles. The summed E-state index contributed by atoms with van der Waals surface area (Å²) in [7, 11) is 4.25. The highest BCUT2D eigenvalue weighted by atomic mass is 15.1. The molecule has 0 aromatic carbocycles. The Balaban J connectivity index is 0. The maximum absolute atomic E-state index is 2.26. The Labute approximate surface area is 79.2 Å². The molecule has 0 saturated carbocycles. The van der Waals surface area contributed by atoms with Gasteiger partial charge in [0.05, 0.1) is 0 Å². The molecule has 0 fully saturated rings. The van der Waals surface area contributed by atoms with E-state index in [0.29, 0.717) is 11.5 Å². The van der Waals surface area contributed by atoms with Crippen LogP contribution in [0.25, 0.3) is 0 Å². The first-order chi connectivity index (χ1) is 5.30. The largest absolute Gasteiger partial charge is 0.304 e. The molecule has 0 radical (unpaired) electrons. The molecule has 0 aliphatic heterocycles. The Morgan fingerprint density at radius 3 is 1.33 bits per heavy atom. The monoisotopic (exact) mass is 173 g/mol. The molecule has 0 N–H and O–H groups in total. The lowest BCUT2D eigenvalue weighted by Gasteiger charge is -2.36. The van der Waals surface area contributed by atoms with Crippen LogP contribution in [0.1, 0.15) is 48.0 Å². The van der Waals surface area contributed by atoms with E-state index in [1.807, 2.05) is 0 Å². The highest BCUT2D eigenvalue weighted by Crippen LogP contribution is 2.20. The van der Waals surface area contributed by atoms with Gasteiger partial charge in [-0.05, 0) is 33.9 Å². The molecule has 0 atom stereocenters. The molecule has 0 rings (SSSR count). The summed E-state index contributed by atoms with van der Waals surface area (Å²) in [6, 6.07) is 0. The molecule has 1 heteroatoms. The predicted octanol–water partition coefficient (Wildman–Crippen LogP) is 3.40. The van der Waals surface area contributed by atoms with Crippen LogP contribution in [0.4, 0.5) is 0 Å². The highest BCUT2D eigenvalue weighted by Gasteiger charge is 2.23. The second-order valence-corrected chi connectivity index (χ2v) is 4.41. The van der Waals surface area contributed by atoms with E-state index >= 15 is 0 Å². The van der Waals surface area contributed by atoms with Crippen LogP contribution < -0.4 is 0 Å². The van der Waals surface area contributed by atoms with E-state index in [-0.39, 0.29) is 0 Å². The first-order valence-corrected chi connectivity index (χ1v) is 4.98. The van der Waals surface area contributed by atoms with Crippen molar-refractivity contribution >= 4 is 0 Å². The van der Waals surface area contributed by atoms with Crippen LogP contribution in [0.3, 0.4) is 0 Å². The number of hydrogen-bond donors (Lipinski definition) is 0. The van der Waals surface area contributed by atoms with Crippen LogP contribution >= 0.6 is 0 Å². The van der Waals surface area contributed by atoms with Crippen LogP contribution in [-0.4, -0.2) is 24.5 Å². The topological polar surface area (TPSA) is 3.24 Å². The van der Waals surface area contributed by atoms with Crippen molar-refractivity contribution in [1.29, 1.82) is 0 Å². The maximum atomic E-state index is 2.26. The van der Waals surface area contributed by atoms with E-state index in [1.54, 1.807) is 0 Å². The van der Waals surface area contributed by atoms with Gasteiger partial charge in [0, 0.05) is 5.54 Å². The molecule has 0 spiro atoms. The SMILES string of the molecule is CC(C)C(C)(C)N(C)C.CCC. The van der Waals surface area contributed by atoms with Gasteiger partial charge >= 0.3 is 0 Å². The lowest BCUT2D eigenvalue weighted by Crippen LogP contribution is -2.42. The van der Waals surface area contributed by atoms with Crippen LogP contribution in [-0.2, 0) is 0 Å². The summed E-state index contributed by atoms with van der Waals surface area (Å²) in [6.07, 6.45) is 1.25. The van der Waals surface area contributed by atoms with Gasteiger partial charge in [-0.2, -0.15) is 0 Å². The third-order valence-electron chi connectivity index (χ3n) is 2.57. The van der Waals surface area contributed by atoms with E-state index < -0.39 is 0 Å². The van der Waals surface area contributed by atoms with Crippen LogP contribution in [0, 0.1) is 5.92 Å². The zero-order chi connectivity index (χ0) is 10.4. The standard InChI is InChI=1S/C8H19N.C3H8/c1-7(2)8(3,4)9(5)6;1-3-2/h7H,1-6H3;3H2,1-2H3. The maximum Gasteiger partial charge on any atom is 0.0170 e. The average Bonchev–Trinajstić information content (AvgIpc) is 1.88. The van der Waals surface area contributed by atoms with E-state index in [9.17, 15) is 0 Å². The number of rotatable bonds is 2. The molecule has 12 heavy (non-hydrogen) atoms. The molecule has 1 nitrogen and oxygen atoms in total. The Kier molecular flexibility index (Phi) is 7.81. The van der Waals surface area contributed by atoms with Gasteiger partial charge in [0.2, 0.25) is 0 Å². The van der Waals surface area contributed by atoms with Crippen molar-refractivity contribution < 1.29 is 0 Å². The van der Waals surface area contributed by atoms with Crippen molar-refractivity contribution in [2.45, 2.75) is 53.5 Å². The summed E-state index contributed by atoms with van der Waals surface area (Å²) in [6.45, 7) is 13.3. The van der Waals surface area contributed by atoms with Gasteiger partial charge in [0.25, 0.3) is 0 Å². The highest BCUT2D eigenvalue weighted by molar-refractivity contribution is 4.79. The van der Waals surface area contributed by atoms with Gasteiger partial charge in [-0.3, -0.25) is 0 Å². The van der Waals surface area contributed by atoms with Crippen LogP contribution in [0.2, 0.25) is 0 Å². The van der Waals surface area contributed by atoms with E-state index in [0.717, 1.165) is 0 Å². The van der Waals surface area contributed by atoms with Crippen molar-refractivity contribution in [2.75, 3.05) is 14.1 Å². The van der Waals surface area contributed by atoms with Gasteiger partial charge in [0.1, 0.15) is 0 Å². The summed E-state index contributed by atoms with van der Waals surface area (Å²) in [5, 5.41) is 0. The molecular formula is C11H27N. The van der Waals surface area contributed by atoms with Crippen LogP contribution in [0.15, 0.2) is 0 Å². The quantitative estimate of drug-likeness (QED) is 0.618. The molecular weight excluding hydrogens is 146 g/mol. The second kappa shape index (κ2) is 6.47. The van der Waals surface area contributed by atoms with Gasteiger partial charge in [-0.15, -0.1) is 0 Å². The molecule has 0 aromatic rings. The summed E-state index contributed by atoms with van der Waals surface area (Å²) in [5.74, 6) is 0.715. The minimum absolute atomic E-state index is 0.333. The molecule has 0 aromatic heterocycles. The minimum atomic E-state index is 0.333. The Hall–Kier alpha value is -0.0400. The fraction of sp³-hybridized carbons (Fsp3) is 1.00. The fourth-order valence-electron chi connectivity index (χ4n) is 0.516. The Morgan fingerprint density at radius 2 is 1.33 bits per heavy atom. The fourth-order valence-corrected chi connectivity index (χ4v) is 0.516. The van der Waals surface area contributed by atoms with Crippen molar-refractivity contribution in [3.05, 3.63) is 0 Å². The molecule has 76 valence electrons. The zero-order valence-corrected chi connectivity index (χ0v) is 10.2. The van der Waals surface area contributed by atoms with Gasteiger partial charge in [0.15, 0.2) is 0 Å². The summed E-state index contributed by atoms with van der Waals surface area (Å²) < 4.78 is 0. The van der Waals surface area contributed by atoms with Crippen LogP contribution in [0.5, 0.6) is 0 Å². The third-order valence-corrected chi connectivity index (χ3v) is 2.57.